The SMILES string of the molecule is O=S(=O)(O)C1=CCC(S)(S(=O)(=O)O)C(S(=O)(=O)O)=C1. The molecule has 13 heteroatoms. The summed E-state index contributed by atoms with van der Waals surface area (Å²) in [5.41, 5.74) is 0. The maximum absolute atomic E-state index is 11.1. The first kappa shape index (κ1) is 16.6. The van der Waals surface area contributed by atoms with Crippen molar-refractivity contribution in [3.63, 3.8) is 0 Å². The summed E-state index contributed by atoms with van der Waals surface area (Å²) in [5.74, 6) is 0. The number of hydrogen-bond acceptors (Lipinski definition) is 7. The molecule has 3 N–H and O–H groups in total. The van der Waals surface area contributed by atoms with Gasteiger partial charge in [0, 0.05) is 6.42 Å². The largest absolute Gasteiger partial charge is 0.294 e. The van der Waals surface area contributed by atoms with Crippen LogP contribution in [0, 0.1) is 0 Å². The zero-order valence-electron chi connectivity index (χ0n) is 8.82. The molecule has 0 heterocycles. The lowest BCUT2D eigenvalue weighted by molar-refractivity contribution is 0.459. The van der Waals surface area contributed by atoms with Crippen LogP contribution >= 0.6 is 12.6 Å². The fourth-order valence-electron chi connectivity index (χ4n) is 1.33. The highest BCUT2D eigenvalue weighted by Crippen LogP contribution is 2.41. The summed E-state index contributed by atoms with van der Waals surface area (Å²) in [6.45, 7) is 0. The lowest BCUT2D eigenvalue weighted by Crippen LogP contribution is -2.39. The molecule has 0 aliphatic heterocycles. The third-order valence-corrected chi connectivity index (χ3v) is 6.78. The molecule has 1 rings (SSSR count). The average Bonchev–Trinajstić information content (AvgIpc) is 2.12. The highest BCUT2D eigenvalue weighted by Gasteiger charge is 2.50. The third kappa shape index (κ3) is 3.18. The van der Waals surface area contributed by atoms with E-state index in [9.17, 15) is 25.3 Å². The van der Waals surface area contributed by atoms with Crippen LogP contribution in [0.4, 0.5) is 0 Å². The normalized spacial score (nSPS) is 25.7. The summed E-state index contributed by atoms with van der Waals surface area (Å²) in [5, 5.41) is 0. The van der Waals surface area contributed by atoms with Gasteiger partial charge in [0.25, 0.3) is 30.4 Å². The van der Waals surface area contributed by atoms with Crippen molar-refractivity contribution in [3.8, 4) is 0 Å². The van der Waals surface area contributed by atoms with Crippen molar-refractivity contribution in [3.05, 3.63) is 22.0 Å². The molecule has 1 unspecified atom stereocenters. The molecule has 0 spiro atoms. The predicted octanol–water partition coefficient (Wildman–Crippen LogP) is -0.553. The van der Waals surface area contributed by atoms with Gasteiger partial charge in [-0.25, -0.2) is 0 Å². The summed E-state index contributed by atoms with van der Waals surface area (Å²) < 4.78 is 90.0. The standard InChI is InChI=1S/C6H8O9S4/c7-17(8,9)4-1-2-6(16,19(13,14)15)5(3-4)18(10,11)12/h1,3,16H,2H2,(H,7,8,9)(H,10,11,12)(H,13,14,15). The van der Waals surface area contributed by atoms with Crippen molar-refractivity contribution in [2.45, 2.75) is 10.5 Å². The highest BCUT2D eigenvalue weighted by atomic mass is 32.3. The molecule has 0 aromatic carbocycles. The van der Waals surface area contributed by atoms with E-state index in [0.29, 0.717) is 6.08 Å². The quantitative estimate of drug-likeness (QED) is 0.385. The topological polar surface area (TPSA) is 163 Å². The van der Waals surface area contributed by atoms with Crippen molar-refractivity contribution in [2.24, 2.45) is 0 Å². The van der Waals surface area contributed by atoms with Crippen molar-refractivity contribution in [2.75, 3.05) is 0 Å². The Hall–Kier alpha value is -0.440. The predicted molar refractivity (Wildman–Crippen MR) is 67.1 cm³/mol. The van der Waals surface area contributed by atoms with Crippen LogP contribution in [0.5, 0.6) is 0 Å². The molecule has 0 aromatic heterocycles. The van der Waals surface area contributed by atoms with E-state index < -0.39 is 50.7 Å². The summed E-state index contributed by atoms with van der Waals surface area (Å²) in [4.78, 5) is -2.31. The smallest absolute Gasteiger partial charge is 0.284 e. The van der Waals surface area contributed by atoms with Gasteiger partial charge in [-0.1, -0.05) is 6.08 Å². The Balaban J connectivity index is 3.67. The zero-order valence-corrected chi connectivity index (χ0v) is 12.2. The molecule has 0 saturated carbocycles. The molecule has 0 bridgehead atoms. The highest BCUT2D eigenvalue weighted by molar-refractivity contribution is 8.05. The molecule has 0 fully saturated rings. The molecule has 1 atom stereocenters. The second kappa shape index (κ2) is 4.54. The number of hydrogen-bond donors (Lipinski definition) is 4. The number of allylic oxidation sites excluding steroid dienone is 2. The van der Waals surface area contributed by atoms with Crippen LogP contribution in [0.1, 0.15) is 6.42 Å². The number of rotatable bonds is 3. The van der Waals surface area contributed by atoms with Gasteiger partial charge in [-0.05, 0) is 6.08 Å². The van der Waals surface area contributed by atoms with E-state index in [1.165, 1.54) is 0 Å². The molecule has 1 aliphatic carbocycles. The second-order valence-corrected chi connectivity index (χ2v) is 9.05. The monoisotopic (exact) mass is 352 g/mol. The van der Waals surface area contributed by atoms with Gasteiger partial charge in [-0.3, -0.25) is 13.7 Å². The van der Waals surface area contributed by atoms with E-state index in [4.69, 9.17) is 13.7 Å². The lowest BCUT2D eigenvalue weighted by Gasteiger charge is -2.27. The maximum atomic E-state index is 11.1. The molecule has 0 saturated heterocycles. The van der Waals surface area contributed by atoms with Crippen LogP contribution in [0.25, 0.3) is 0 Å². The van der Waals surface area contributed by atoms with Gasteiger partial charge >= 0.3 is 0 Å². The molecule has 0 amide bonds. The molecule has 0 aromatic rings. The first-order chi connectivity index (χ1) is 8.19. The second-order valence-electron chi connectivity index (χ2n) is 3.53. The van der Waals surface area contributed by atoms with Crippen molar-refractivity contribution in [1.82, 2.24) is 0 Å². The first-order valence-corrected chi connectivity index (χ1v) is 9.03. The van der Waals surface area contributed by atoms with Gasteiger partial charge in [0.05, 0.1) is 4.91 Å². The van der Waals surface area contributed by atoms with E-state index >= 15 is 0 Å². The molecule has 19 heavy (non-hydrogen) atoms. The van der Waals surface area contributed by atoms with Gasteiger partial charge in [-0.15, -0.1) is 12.6 Å². The molecular weight excluding hydrogens is 344 g/mol. The Morgan fingerprint density at radius 3 is 1.79 bits per heavy atom. The molecule has 9 nitrogen and oxygen atoms in total. The van der Waals surface area contributed by atoms with E-state index in [0.717, 1.165) is 0 Å². The van der Waals surface area contributed by atoms with Crippen LogP contribution in [-0.2, 0) is 30.4 Å². The van der Waals surface area contributed by atoms with Crippen LogP contribution in [0.15, 0.2) is 22.0 Å². The van der Waals surface area contributed by atoms with Crippen molar-refractivity contribution < 1.29 is 38.9 Å². The Morgan fingerprint density at radius 1 is 1.00 bits per heavy atom. The van der Waals surface area contributed by atoms with Gasteiger partial charge in [0.15, 0.2) is 4.08 Å². The zero-order chi connectivity index (χ0) is 15.3. The Morgan fingerprint density at radius 2 is 1.47 bits per heavy atom. The van der Waals surface area contributed by atoms with Crippen molar-refractivity contribution >= 4 is 43.0 Å². The average molecular weight is 352 g/mol. The van der Waals surface area contributed by atoms with Gasteiger partial charge < -0.3 is 0 Å². The third-order valence-electron chi connectivity index (χ3n) is 2.24. The van der Waals surface area contributed by atoms with E-state index in [-0.39, 0.29) is 6.08 Å². The van der Waals surface area contributed by atoms with E-state index in [1.807, 2.05) is 0 Å². The van der Waals surface area contributed by atoms with Crippen LogP contribution in [0.2, 0.25) is 0 Å². The summed E-state index contributed by atoms with van der Waals surface area (Å²) in [7, 11) is -15.1. The minimum Gasteiger partial charge on any atom is -0.284 e. The van der Waals surface area contributed by atoms with Gasteiger partial charge in [0.2, 0.25) is 0 Å². The fraction of sp³-hybridized carbons (Fsp3) is 0.333. The van der Waals surface area contributed by atoms with Crippen LogP contribution in [0.3, 0.4) is 0 Å². The minimum atomic E-state index is -5.18. The molecule has 0 radical (unpaired) electrons. The van der Waals surface area contributed by atoms with Crippen molar-refractivity contribution in [1.29, 1.82) is 0 Å². The summed E-state index contributed by atoms with van der Waals surface area (Å²) >= 11 is 3.49. The Labute approximate surface area is 114 Å². The van der Waals surface area contributed by atoms with Gasteiger partial charge in [-0.2, -0.15) is 25.3 Å². The van der Waals surface area contributed by atoms with E-state index in [2.05, 4.69) is 12.6 Å². The lowest BCUT2D eigenvalue weighted by atomic mass is 10.2. The van der Waals surface area contributed by atoms with Crippen LogP contribution < -0.4 is 0 Å². The first-order valence-electron chi connectivity index (χ1n) is 4.26. The minimum absolute atomic E-state index is 0.203. The molecular formula is C6H8O9S4. The number of thiol groups is 1. The molecule has 110 valence electrons. The van der Waals surface area contributed by atoms with Gasteiger partial charge in [0.1, 0.15) is 4.91 Å². The van der Waals surface area contributed by atoms with Crippen LogP contribution in [-0.4, -0.2) is 43.0 Å². The molecule has 1 aliphatic rings. The Kier molecular flexibility index (Phi) is 3.97. The maximum Gasteiger partial charge on any atom is 0.294 e. The van der Waals surface area contributed by atoms with E-state index in [1.54, 1.807) is 0 Å². The fourth-order valence-corrected chi connectivity index (χ4v) is 4.47. The summed E-state index contributed by atoms with van der Waals surface area (Å²) in [6.07, 6.45) is -0.0462. The Bertz CT molecular complexity index is 767. The summed E-state index contributed by atoms with van der Waals surface area (Å²) in [6, 6.07) is 0.